The van der Waals surface area contributed by atoms with Gasteiger partial charge in [-0.05, 0) is 44.4 Å². The quantitative estimate of drug-likeness (QED) is 0.764. The van der Waals surface area contributed by atoms with Crippen LogP contribution in [0.15, 0.2) is 30.3 Å². The topological polar surface area (TPSA) is 64.6 Å². The van der Waals surface area contributed by atoms with Crippen molar-refractivity contribution in [3.8, 4) is 0 Å². The van der Waals surface area contributed by atoms with E-state index in [2.05, 4.69) is 20.1 Å². The Kier molecular flexibility index (Phi) is 6.38. The lowest BCUT2D eigenvalue weighted by Crippen LogP contribution is -2.50. The Labute approximate surface area is 185 Å². The van der Waals surface area contributed by atoms with E-state index in [1.807, 2.05) is 13.0 Å². The Morgan fingerprint density at radius 3 is 2.34 bits per heavy atom. The summed E-state index contributed by atoms with van der Waals surface area (Å²) in [7, 11) is 0. The van der Waals surface area contributed by atoms with Gasteiger partial charge in [0, 0.05) is 56.7 Å². The van der Waals surface area contributed by atoms with E-state index in [1.165, 1.54) is 18.6 Å². The molecule has 2 aliphatic rings. The first-order valence-corrected chi connectivity index (χ1v) is 10.9. The summed E-state index contributed by atoms with van der Waals surface area (Å²) in [6.45, 7) is 5.93. The summed E-state index contributed by atoms with van der Waals surface area (Å²) >= 11 is 0. The number of amides is 2. The number of hydrogen-bond acceptors (Lipinski definition) is 5. The molecule has 2 saturated heterocycles. The lowest BCUT2D eigenvalue weighted by Gasteiger charge is -2.35. The fourth-order valence-electron chi connectivity index (χ4n) is 4.05. The lowest BCUT2D eigenvalue weighted by molar-refractivity contribution is -0.137. The van der Waals surface area contributed by atoms with E-state index >= 15 is 0 Å². The second-order valence-electron chi connectivity index (χ2n) is 8.20. The van der Waals surface area contributed by atoms with Gasteiger partial charge in [-0.3, -0.25) is 0 Å². The Morgan fingerprint density at radius 1 is 0.938 bits per heavy atom. The van der Waals surface area contributed by atoms with Crippen molar-refractivity contribution >= 4 is 23.5 Å². The fraction of sp³-hybridized carbons (Fsp3) is 0.500. The third kappa shape index (κ3) is 5.23. The SMILES string of the molecule is Cc1cc(N2CCCCC2)nc(N2CCN(C(=O)Nc3cccc(C(F)(F)F)c3)CC2)n1. The number of aryl methyl sites for hydroxylation is 1. The van der Waals surface area contributed by atoms with Crippen molar-refractivity contribution < 1.29 is 18.0 Å². The largest absolute Gasteiger partial charge is 0.416 e. The van der Waals surface area contributed by atoms with E-state index in [0.717, 1.165) is 49.6 Å². The van der Waals surface area contributed by atoms with Gasteiger partial charge in [0.15, 0.2) is 0 Å². The van der Waals surface area contributed by atoms with Gasteiger partial charge in [0.1, 0.15) is 5.82 Å². The maximum absolute atomic E-state index is 12.9. The van der Waals surface area contributed by atoms with Crippen LogP contribution in [0.1, 0.15) is 30.5 Å². The Balaban J connectivity index is 1.37. The third-order valence-electron chi connectivity index (χ3n) is 5.80. The van der Waals surface area contributed by atoms with Crippen LogP contribution < -0.4 is 15.1 Å². The van der Waals surface area contributed by atoms with Crippen molar-refractivity contribution in [3.63, 3.8) is 0 Å². The first-order valence-electron chi connectivity index (χ1n) is 10.9. The molecule has 1 aromatic heterocycles. The first-order chi connectivity index (χ1) is 15.3. The van der Waals surface area contributed by atoms with Crippen LogP contribution in [-0.2, 0) is 6.18 Å². The van der Waals surface area contributed by atoms with Crippen molar-refractivity contribution in [3.05, 3.63) is 41.6 Å². The third-order valence-corrected chi connectivity index (χ3v) is 5.80. The summed E-state index contributed by atoms with van der Waals surface area (Å²) in [5, 5.41) is 2.57. The van der Waals surface area contributed by atoms with Crippen LogP contribution in [0.25, 0.3) is 0 Å². The minimum Gasteiger partial charge on any atom is -0.356 e. The number of hydrogen-bond donors (Lipinski definition) is 1. The Hall–Kier alpha value is -3.04. The molecule has 2 aliphatic heterocycles. The van der Waals surface area contributed by atoms with E-state index in [4.69, 9.17) is 4.98 Å². The molecule has 2 aromatic rings. The molecule has 10 heteroatoms. The van der Waals surface area contributed by atoms with Crippen molar-refractivity contribution in [1.29, 1.82) is 0 Å². The second kappa shape index (κ2) is 9.22. The molecule has 172 valence electrons. The van der Waals surface area contributed by atoms with Gasteiger partial charge in [-0.2, -0.15) is 18.2 Å². The molecule has 32 heavy (non-hydrogen) atoms. The number of carbonyl (C=O) groups is 1. The van der Waals surface area contributed by atoms with Crippen LogP contribution in [0.3, 0.4) is 0 Å². The molecule has 2 fully saturated rings. The average Bonchev–Trinajstić information content (AvgIpc) is 2.79. The smallest absolute Gasteiger partial charge is 0.356 e. The number of alkyl halides is 3. The van der Waals surface area contributed by atoms with Crippen molar-refractivity contribution in [1.82, 2.24) is 14.9 Å². The minimum absolute atomic E-state index is 0.125. The summed E-state index contributed by atoms with van der Waals surface area (Å²) in [4.78, 5) is 27.9. The van der Waals surface area contributed by atoms with Gasteiger partial charge in [-0.15, -0.1) is 0 Å². The molecule has 0 bridgehead atoms. The predicted octanol–water partition coefficient (Wildman–Crippen LogP) is 4.15. The van der Waals surface area contributed by atoms with Crippen molar-refractivity contribution in [2.75, 3.05) is 54.4 Å². The standard InChI is InChI=1S/C22H27F3N6O/c1-16-14-19(29-8-3-2-4-9-29)28-20(26-16)30-10-12-31(13-11-30)21(32)27-18-7-5-6-17(15-18)22(23,24)25/h5-7,14-15H,2-4,8-13H2,1H3,(H,27,32). The molecular formula is C22H27F3N6O. The molecule has 0 radical (unpaired) electrons. The average molecular weight is 448 g/mol. The van der Waals surface area contributed by atoms with E-state index < -0.39 is 17.8 Å². The fourth-order valence-corrected chi connectivity index (χ4v) is 4.05. The van der Waals surface area contributed by atoms with Crippen LogP contribution in [-0.4, -0.2) is 60.2 Å². The van der Waals surface area contributed by atoms with Gasteiger partial charge in [0.2, 0.25) is 5.95 Å². The molecule has 0 unspecified atom stereocenters. The van der Waals surface area contributed by atoms with E-state index in [1.54, 1.807) is 4.90 Å². The number of aromatic nitrogens is 2. The van der Waals surface area contributed by atoms with E-state index in [-0.39, 0.29) is 5.69 Å². The Morgan fingerprint density at radius 2 is 1.66 bits per heavy atom. The number of nitrogens with one attached hydrogen (secondary N) is 1. The van der Waals surface area contributed by atoms with Crippen molar-refractivity contribution in [2.24, 2.45) is 0 Å². The summed E-state index contributed by atoms with van der Waals surface area (Å²) in [6, 6.07) is 6.25. The molecule has 0 saturated carbocycles. The molecule has 0 atom stereocenters. The highest BCUT2D eigenvalue weighted by Crippen LogP contribution is 2.30. The molecule has 1 N–H and O–H groups in total. The van der Waals surface area contributed by atoms with Crippen LogP contribution in [0.2, 0.25) is 0 Å². The zero-order chi connectivity index (χ0) is 22.7. The van der Waals surface area contributed by atoms with Gasteiger partial charge < -0.3 is 20.0 Å². The number of nitrogens with zero attached hydrogens (tertiary/aromatic N) is 5. The number of urea groups is 1. The highest BCUT2D eigenvalue weighted by atomic mass is 19.4. The zero-order valence-corrected chi connectivity index (χ0v) is 18.0. The number of piperidine rings is 1. The number of halogens is 3. The summed E-state index contributed by atoms with van der Waals surface area (Å²) in [5.41, 5.74) is 0.238. The summed E-state index contributed by atoms with van der Waals surface area (Å²) < 4.78 is 38.7. The lowest BCUT2D eigenvalue weighted by atomic mass is 10.1. The van der Waals surface area contributed by atoms with Crippen LogP contribution in [0.5, 0.6) is 0 Å². The molecule has 1 aromatic carbocycles. The molecule has 3 heterocycles. The van der Waals surface area contributed by atoms with Crippen LogP contribution in [0.4, 0.5) is 35.4 Å². The molecule has 7 nitrogen and oxygen atoms in total. The summed E-state index contributed by atoms with van der Waals surface area (Å²) in [6.07, 6.45) is -0.874. The van der Waals surface area contributed by atoms with Crippen LogP contribution >= 0.6 is 0 Å². The van der Waals surface area contributed by atoms with E-state index in [9.17, 15) is 18.0 Å². The number of anilines is 3. The van der Waals surface area contributed by atoms with E-state index in [0.29, 0.717) is 32.1 Å². The highest BCUT2D eigenvalue weighted by Gasteiger charge is 2.31. The van der Waals surface area contributed by atoms with Crippen LogP contribution in [0, 0.1) is 6.92 Å². The minimum atomic E-state index is -4.45. The zero-order valence-electron chi connectivity index (χ0n) is 18.0. The van der Waals surface area contributed by atoms with Gasteiger partial charge in [0.25, 0.3) is 0 Å². The molecule has 2 amide bonds. The monoisotopic (exact) mass is 448 g/mol. The maximum Gasteiger partial charge on any atom is 0.416 e. The first kappa shape index (κ1) is 22.2. The van der Waals surface area contributed by atoms with Crippen molar-refractivity contribution in [2.45, 2.75) is 32.4 Å². The predicted molar refractivity (Wildman–Crippen MR) is 117 cm³/mol. The number of rotatable bonds is 3. The molecule has 0 aliphatic carbocycles. The number of carbonyl (C=O) groups excluding carboxylic acids is 1. The highest BCUT2D eigenvalue weighted by molar-refractivity contribution is 5.89. The summed E-state index contributed by atoms with van der Waals surface area (Å²) in [5.74, 6) is 1.60. The number of piperazine rings is 1. The molecular weight excluding hydrogens is 421 g/mol. The van der Waals surface area contributed by atoms with Gasteiger partial charge >= 0.3 is 12.2 Å². The Bertz CT molecular complexity index is 953. The second-order valence-corrected chi connectivity index (χ2v) is 8.20. The molecule has 4 rings (SSSR count). The normalized spacial score (nSPS) is 17.4. The van der Waals surface area contributed by atoms with Gasteiger partial charge in [-0.25, -0.2) is 9.78 Å². The van der Waals surface area contributed by atoms with Gasteiger partial charge in [-0.1, -0.05) is 6.07 Å². The molecule has 0 spiro atoms. The number of benzene rings is 1. The van der Waals surface area contributed by atoms with Gasteiger partial charge in [0.05, 0.1) is 5.56 Å². The maximum atomic E-state index is 12.9.